The average molecular weight is 238 g/mol. The van der Waals surface area contributed by atoms with E-state index >= 15 is 0 Å². The summed E-state index contributed by atoms with van der Waals surface area (Å²) in [5.41, 5.74) is 7.17. The molecule has 0 heterocycles. The lowest BCUT2D eigenvalue weighted by molar-refractivity contribution is 0.322. The number of methoxy groups -OCH3 is 2. The molecule has 0 aliphatic carbocycles. The van der Waals surface area contributed by atoms with E-state index in [9.17, 15) is 0 Å². The highest BCUT2D eigenvalue weighted by Gasteiger charge is 2.14. The molecule has 1 rings (SSSR count). The maximum atomic E-state index is 6.19. The summed E-state index contributed by atoms with van der Waals surface area (Å²) in [6.45, 7) is 3.87. The van der Waals surface area contributed by atoms with Crippen molar-refractivity contribution in [1.82, 2.24) is 4.90 Å². The Kier molecular flexibility index (Phi) is 5.25. The average Bonchev–Trinajstić information content (AvgIpc) is 2.37. The number of ether oxygens (including phenoxy) is 2. The zero-order valence-corrected chi connectivity index (χ0v) is 11.1. The maximum absolute atomic E-state index is 6.19. The van der Waals surface area contributed by atoms with Crippen LogP contribution in [0.25, 0.3) is 0 Å². The lowest BCUT2D eigenvalue weighted by Crippen LogP contribution is -2.29. The van der Waals surface area contributed by atoms with E-state index in [4.69, 9.17) is 15.2 Å². The van der Waals surface area contributed by atoms with E-state index in [2.05, 4.69) is 11.8 Å². The summed E-state index contributed by atoms with van der Waals surface area (Å²) in [7, 11) is 5.35. The van der Waals surface area contributed by atoms with Gasteiger partial charge in [0.2, 0.25) is 0 Å². The zero-order valence-electron chi connectivity index (χ0n) is 11.1. The van der Waals surface area contributed by atoms with Crippen molar-refractivity contribution >= 4 is 0 Å². The van der Waals surface area contributed by atoms with Crippen molar-refractivity contribution in [1.29, 1.82) is 0 Å². The molecule has 96 valence electrons. The molecule has 0 aromatic heterocycles. The molecule has 4 nitrogen and oxygen atoms in total. The van der Waals surface area contributed by atoms with Gasteiger partial charge in [0.15, 0.2) is 0 Å². The fourth-order valence-electron chi connectivity index (χ4n) is 1.69. The van der Waals surface area contributed by atoms with Crippen LogP contribution in [0.2, 0.25) is 0 Å². The van der Waals surface area contributed by atoms with Gasteiger partial charge in [0, 0.05) is 18.2 Å². The highest BCUT2D eigenvalue weighted by molar-refractivity contribution is 5.42. The van der Waals surface area contributed by atoms with Crippen molar-refractivity contribution < 1.29 is 9.47 Å². The van der Waals surface area contributed by atoms with E-state index in [-0.39, 0.29) is 6.04 Å². The van der Waals surface area contributed by atoms with Gasteiger partial charge >= 0.3 is 0 Å². The zero-order chi connectivity index (χ0) is 12.8. The van der Waals surface area contributed by atoms with Crippen molar-refractivity contribution in [2.45, 2.75) is 13.0 Å². The number of nitrogens with two attached hydrogens (primary N) is 1. The summed E-state index contributed by atoms with van der Waals surface area (Å²) in [6.07, 6.45) is 0. The van der Waals surface area contributed by atoms with Crippen LogP contribution in [-0.2, 0) is 0 Å². The van der Waals surface area contributed by atoms with Gasteiger partial charge in [0.25, 0.3) is 0 Å². The van der Waals surface area contributed by atoms with E-state index in [1.54, 1.807) is 14.2 Å². The summed E-state index contributed by atoms with van der Waals surface area (Å²) in [6, 6.07) is 5.62. The third-order valence-electron chi connectivity index (χ3n) is 2.88. The molecule has 1 aromatic rings. The fraction of sp³-hybridized carbons (Fsp3) is 0.538. The molecule has 0 saturated heterocycles. The van der Waals surface area contributed by atoms with Crippen LogP contribution < -0.4 is 15.2 Å². The largest absolute Gasteiger partial charge is 0.497 e. The minimum Gasteiger partial charge on any atom is -0.497 e. The molecular weight excluding hydrogens is 216 g/mol. The summed E-state index contributed by atoms with van der Waals surface area (Å²) in [4.78, 5) is 2.17. The number of likely N-dealkylation sites (N-methyl/N-ethyl adjacent to an activating group) is 1. The molecule has 1 atom stereocenters. The first-order chi connectivity index (χ1) is 8.12. The van der Waals surface area contributed by atoms with E-state index in [0.29, 0.717) is 0 Å². The molecule has 0 spiro atoms. The lowest BCUT2D eigenvalue weighted by atomic mass is 10.1. The third kappa shape index (κ3) is 3.61. The van der Waals surface area contributed by atoms with E-state index in [1.165, 1.54) is 0 Å². The highest BCUT2D eigenvalue weighted by atomic mass is 16.5. The lowest BCUT2D eigenvalue weighted by Gasteiger charge is -2.21. The molecule has 1 aromatic carbocycles. The second-order valence-electron chi connectivity index (χ2n) is 4.07. The molecule has 2 N–H and O–H groups in total. The quantitative estimate of drug-likeness (QED) is 0.818. The highest BCUT2D eigenvalue weighted by Crippen LogP contribution is 2.28. The number of nitrogens with zero attached hydrogens (tertiary/aromatic N) is 1. The summed E-state index contributed by atoms with van der Waals surface area (Å²) in [5, 5.41) is 0. The van der Waals surface area contributed by atoms with Gasteiger partial charge in [0.05, 0.1) is 14.2 Å². The molecule has 1 unspecified atom stereocenters. The molecular formula is C13H22N2O2. The van der Waals surface area contributed by atoms with Crippen LogP contribution in [-0.4, -0.2) is 39.3 Å². The molecule has 0 saturated carbocycles. The Bertz CT molecular complexity index is 355. The Morgan fingerprint density at radius 3 is 2.53 bits per heavy atom. The van der Waals surface area contributed by atoms with Crippen LogP contribution >= 0.6 is 0 Å². The minimum absolute atomic E-state index is 0.0787. The summed E-state index contributed by atoms with van der Waals surface area (Å²) >= 11 is 0. The van der Waals surface area contributed by atoms with Gasteiger partial charge in [-0.1, -0.05) is 6.92 Å². The Morgan fingerprint density at radius 2 is 2.00 bits per heavy atom. The smallest absolute Gasteiger partial charge is 0.123 e. The van der Waals surface area contributed by atoms with Gasteiger partial charge in [-0.2, -0.15) is 0 Å². The van der Waals surface area contributed by atoms with Gasteiger partial charge in [0.1, 0.15) is 11.5 Å². The molecule has 0 aliphatic rings. The van der Waals surface area contributed by atoms with Crippen molar-refractivity contribution in [3.05, 3.63) is 23.8 Å². The molecule has 17 heavy (non-hydrogen) atoms. The SMILES string of the molecule is CCN(C)CC(N)c1cc(OC)ccc1OC. The van der Waals surface area contributed by atoms with Gasteiger partial charge in [-0.25, -0.2) is 0 Å². The van der Waals surface area contributed by atoms with Gasteiger partial charge < -0.3 is 20.1 Å². The Morgan fingerprint density at radius 1 is 1.29 bits per heavy atom. The van der Waals surface area contributed by atoms with E-state index in [0.717, 1.165) is 30.2 Å². The normalized spacial score (nSPS) is 12.6. The molecule has 0 radical (unpaired) electrons. The topological polar surface area (TPSA) is 47.7 Å². The Labute approximate surface area is 103 Å². The number of rotatable bonds is 6. The predicted molar refractivity (Wildman–Crippen MR) is 69.6 cm³/mol. The van der Waals surface area contributed by atoms with Crippen molar-refractivity contribution in [2.75, 3.05) is 34.4 Å². The van der Waals surface area contributed by atoms with Gasteiger partial charge in [-0.15, -0.1) is 0 Å². The van der Waals surface area contributed by atoms with Crippen LogP contribution in [0.3, 0.4) is 0 Å². The van der Waals surface area contributed by atoms with Crippen molar-refractivity contribution in [3.63, 3.8) is 0 Å². The maximum Gasteiger partial charge on any atom is 0.123 e. The second kappa shape index (κ2) is 6.47. The Hall–Kier alpha value is -1.26. The number of hydrogen-bond acceptors (Lipinski definition) is 4. The fourth-order valence-corrected chi connectivity index (χ4v) is 1.69. The first-order valence-electron chi connectivity index (χ1n) is 5.78. The van der Waals surface area contributed by atoms with Crippen LogP contribution in [0, 0.1) is 0 Å². The van der Waals surface area contributed by atoms with Crippen molar-refractivity contribution in [2.24, 2.45) is 5.73 Å². The van der Waals surface area contributed by atoms with Crippen LogP contribution in [0.1, 0.15) is 18.5 Å². The monoisotopic (exact) mass is 238 g/mol. The second-order valence-corrected chi connectivity index (χ2v) is 4.07. The summed E-state index contributed by atoms with van der Waals surface area (Å²) < 4.78 is 10.5. The molecule has 0 aliphatic heterocycles. The molecule has 0 bridgehead atoms. The van der Waals surface area contributed by atoms with Crippen LogP contribution in [0.4, 0.5) is 0 Å². The third-order valence-corrected chi connectivity index (χ3v) is 2.88. The summed E-state index contributed by atoms with van der Waals surface area (Å²) in [5.74, 6) is 1.61. The predicted octanol–water partition coefficient (Wildman–Crippen LogP) is 1.66. The minimum atomic E-state index is -0.0787. The Balaban J connectivity index is 2.92. The van der Waals surface area contributed by atoms with Gasteiger partial charge in [-0.3, -0.25) is 0 Å². The van der Waals surface area contributed by atoms with E-state index in [1.807, 2.05) is 25.2 Å². The number of benzene rings is 1. The number of hydrogen-bond donors (Lipinski definition) is 1. The van der Waals surface area contributed by atoms with Crippen molar-refractivity contribution in [3.8, 4) is 11.5 Å². The molecule has 0 amide bonds. The van der Waals surface area contributed by atoms with E-state index < -0.39 is 0 Å². The van der Waals surface area contributed by atoms with Crippen LogP contribution in [0.5, 0.6) is 11.5 Å². The molecule has 0 fully saturated rings. The molecule has 4 heteroatoms. The first kappa shape index (κ1) is 13.8. The first-order valence-corrected chi connectivity index (χ1v) is 5.78. The standard InChI is InChI=1S/C13H22N2O2/c1-5-15(2)9-12(14)11-8-10(16-3)6-7-13(11)17-4/h6-8,12H,5,9,14H2,1-4H3. The van der Waals surface area contributed by atoms with Gasteiger partial charge in [-0.05, 0) is 31.8 Å². The van der Waals surface area contributed by atoms with Crippen LogP contribution in [0.15, 0.2) is 18.2 Å².